The predicted molar refractivity (Wildman–Crippen MR) is 61.6 cm³/mol. The minimum Gasteiger partial charge on any atom is -0.387 e. The molecule has 0 aromatic heterocycles. The molecule has 0 aliphatic carbocycles. The predicted octanol–water partition coefficient (Wildman–Crippen LogP) is 2.62. The fourth-order valence-electron chi connectivity index (χ4n) is 1.20. The van der Waals surface area contributed by atoms with Gasteiger partial charge >= 0.3 is 6.18 Å². The van der Waals surface area contributed by atoms with E-state index in [0.717, 1.165) is 12.1 Å². The summed E-state index contributed by atoms with van der Waals surface area (Å²) in [6, 6.07) is 2.99. The molecule has 1 aromatic rings. The Morgan fingerprint density at radius 3 is 2.56 bits per heavy atom. The van der Waals surface area contributed by atoms with E-state index in [1.54, 1.807) is 0 Å². The van der Waals surface area contributed by atoms with Gasteiger partial charge in [-0.2, -0.15) is 13.2 Å². The van der Waals surface area contributed by atoms with Gasteiger partial charge in [0.25, 0.3) is 0 Å². The van der Waals surface area contributed by atoms with Gasteiger partial charge in [0.2, 0.25) is 5.91 Å². The van der Waals surface area contributed by atoms with Crippen molar-refractivity contribution in [1.82, 2.24) is 0 Å². The Balaban J connectivity index is 2.92. The molecular weight excluding hydrogens is 271 g/mol. The van der Waals surface area contributed by atoms with E-state index in [2.05, 4.69) is 5.32 Å². The van der Waals surface area contributed by atoms with Gasteiger partial charge in [-0.05, 0) is 18.2 Å². The molecule has 0 atom stereocenters. The maximum Gasteiger partial charge on any atom is 0.417 e. The van der Waals surface area contributed by atoms with E-state index in [1.165, 1.54) is 6.07 Å². The van der Waals surface area contributed by atoms with E-state index in [1.807, 2.05) is 0 Å². The first kappa shape index (κ1) is 14.3. The number of benzene rings is 1. The number of alkyl halides is 3. The third-order valence-corrected chi connectivity index (χ3v) is 2.24. The van der Waals surface area contributed by atoms with Crippen molar-refractivity contribution >= 4 is 29.0 Å². The van der Waals surface area contributed by atoms with E-state index in [9.17, 15) is 18.0 Å². The smallest absolute Gasteiger partial charge is 0.387 e. The zero-order chi connectivity index (χ0) is 13.9. The summed E-state index contributed by atoms with van der Waals surface area (Å²) < 4.78 is 37.6. The Bertz CT molecular complexity index is 488. The second-order valence-electron chi connectivity index (χ2n) is 3.44. The highest BCUT2D eigenvalue weighted by atomic mass is 35.5. The van der Waals surface area contributed by atoms with Crippen molar-refractivity contribution in [3.8, 4) is 0 Å². The molecule has 0 aliphatic rings. The number of amidine groups is 1. The van der Waals surface area contributed by atoms with Crippen LogP contribution in [0.1, 0.15) is 12.0 Å². The topological polar surface area (TPSA) is 79.0 Å². The van der Waals surface area contributed by atoms with E-state index < -0.39 is 22.7 Å². The lowest BCUT2D eigenvalue weighted by atomic mass is 10.2. The number of rotatable bonds is 3. The average molecular weight is 280 g/mol. The van der Waals surface area contributed by atoms with Gasteiger partial charge in [0.1, 0.15) is 5.84 Å². The summed E-state index contributed by atoms with van der Waals surface area (Å²) in [4.78, 5) is 11.2. The molecular formula is C10H9ClF3N3O. The van der Waals surface area contributed by atoms with Crippen LogP contribution in [0.4, 0.5) is 18.9 Å². The number of carbonyl (C=O) groups is 1. The number of hydrogen-bond acceptors (Lipinski definition) is 2. The summed E-state index contributed by atoms with van der Waals surface area (Å²) in [5, 5.41) is 8.62. The largest absolute Gasteiger partial charge is 0.417 e. The Hall–Kier alpha value is -1.76. The molecule has 8 heteroatoms. The Labute approximate surface area is 105 Å². The zero-order valence-electron chi connectivity index (χ0n) is 8.94. The number of hydrogen-bond donors (Lipinski definition) is 3. The summed E-state index contributed by atoms with van der Waals surface area (Å²) in [7, 11) is 0. The lowest BCUT2D eigenvalue weighted by molar-refractivity contribution is -0.137. The van der Waals surface area contributed by atoms with Crippen LogP contribution in [0.3, 0.4) is 0 Å². The maximum absolute atomic E-state index is 12.5. The fourth-order valence-corrected chi connectivity index (χ4v) is 1.42. The van der Waals surface area contributed by atoms with Crippen molar-refractivity contribution < 1.29 is 18.0 Å². The molecule has 0 spiro atoms. The lowest BCUT2D eigenvalue weighted by Crippen LogP contribution is -2.21. The normalized spacial score (nSPS) is 11.1. The highest BCUT2D eigenvalue weighted by molar-refractivity contribution is 6.31. The molecule has 0 fully saturated rings. The van der Waals surface area contributed by atoms with Crippen LogP contribution < -0.4 is 11.1 Å². The Morgan fingerprint density at radius 2 is 2.06 bits per heavy atom. The summed E-state index contributed by atoms with van der Waals surface area (Å²) in [6.07, 6.45) is -4.98. The Kier molecular flexibility index (Phi) is 4.18. The minimum absolute atomic E-state index is 0.0574. The van der Waals surface area contributed by atoms with Gasteiger partial charge < -0.3 is 11.1 Å². The lowest BCUT2D eigenvalue weighted by Gasteiger charge is -2.11. The molecule has 0 saturated carbocycles. The van der Waals surface area contributed by atoms with Crippen molar-refractivity contribution in [2.75, 3.05) is 5.32 Å². The number of anilines is 1. The molecule has 0 aliphatic heterocycles. The number of carbonyl (C=O) groups excluding carboxylic acids is 1. The second-order valence-corrected chi connectivity index (χ2v) is 3.85. The molecule has 98 valence electrons. The number of nitrogens with two attached hydrogens (primary N) is 1. The monoisotopic (exact) mass is 279 g/mol. The highest BCUT2D eigenvalue weighted by Gasteiger charge is 2.33. The van der Waals surface area contributed by atoms with E-state index in [-0.39, 0.29) is 17.9 Å². The molecule has 0 unspecified atom stereocenters. The van der Waals surface area contributed by atoms with Crippen molar-refractivity contribution in [2.24, 2.45) is 5.73 Å². The van der Waals surface area contributed by atoms with Crippen molar-refractivity contribution in [1.29, 1.82) is 5.41 Å². The molecule has 0 saturated heterocycles. The molecule has 0 radical (unpaired) electrons. The van der Waals surface area contributed by atoms with Crippen LogP contribution >= 0.6 is 11.6 Å². The van der Waals surface area contributed by atoms with Crippen LogP contribution in [0.25, 0.3) is 0 Å². The standard InChI is InChI=1S/C10H9ClF3N3O/c11-7-2-1-5(3-6(7)10(12,13)14)17-9(18)4-8(15)16/h1-3H,4H2,(H3,15,16)(H,17,18). The van der Waals surface area contributed by atoms with Gasteiger partial charge in [-0.25, -0.2) is 0 Å². The van der Waals surface area contributed by atoms with Crippen LogP contribution in [-0.4, -0.2) is 11.7 Å². The summed E-state index contributed by atoms with van der Waals surface area (Å²) in [5.41, 5.74) is 3.90. The van der Waals surface area contributed by atoms with E-state index in [0.29, 0.717) is 0 Å². The first-order valence-corrected chi connectivity index (χ1v) is 5.07. The fraction of sp³-hybridized carbons (Fsp3) is 0.200. The van der Waals surface area contributed by atoms with Gasteiger partial charge in [0.05, 0.1) is 17.0 Å². The van der Waals surface area contributed by atoms with E-state index >= 15 is 0 Å². The molecule has 1 aromatic carbocycles. The maximum atomic E-state index is 12.5. The number of amides is 1. The van der Waals surface area contributed by atoms with Gasteiger partial charge in [0, 0.05) is 5.69 Å². The third-order valence-electron chi connectivity index (χ3n) is 1.91. The van der Waals surface area contributed by atoms with E-state index in [4.69, 9.17) is 22.7 Å². The molecule has 1 rings (SSSR count). The molecule has 4 N–H and O–H groups in total. The van der Waals surface area contributed by atoms with Crippen molar-refractivity contribution in [3.05, 3.63) is 28.8 Å². The quantitative estimate of drug-likeness (QED) is 0.587. The summed E-state index contributed by atoms with van der Waals surface area (Å²) >= 11 is 5.41. The molecule has 1 amide bonds. The Morgan fingerprint density at radius 1 is 1.44 bits per heavy atom. The number of halogens is 4. The van der Waals surface area contributed by atoms with Crippen molar-refractivity contribution in [3.63, 3.8) is 0 Å². The average Bonchev–Trinajstić information content (AvgIpc) is 2.17. The SMILES string of the molecule is N=C(N)CC(=O)Nc1ccc(Cl)c(C(F)(F)F)c1. The van der Waals surface area contributed by atoms with Gasteiger partial charge in [-0.1, -0.05) is 11.6 Å². The first-order chi connectivity index (χ1) is 8.20. The zero-order valence-corrected chi connectivity index (χ0v) is 9.69. The highest BCUT2D eigenvalue weighted by Crippen LogP contribution is 2.36. The summed E-state index contributed by atoms with van der Waals surface area (Å²) in [5.74, 6) is -1.05. The van der Waals surface area contributed by atoms with Crippen LogP contribution in [-0.2, 0) is 11.0 Å². The van der Waals surface area contributed by atoms with Crippen LogP contribution in [0, 0.1) is 5.41 Å². The van der Waals surface area contributed by atoms with Crippen molar-refractivity contribution in [2.45, 2.75) is 12.6 Å². The second kappa shape index (κ2) is 5.26. The van der Waals surface area contributed by atoms with Gasteiger partial charge in [-0.3, -0.25) is 10.2 Å². The first-order valence-electron chi connectivity index (χ1n) is 4.69. The van der Waals surface area contributed by atoms with Crippen LogP contribution in [0.2, 0.25) is 5.02 Å². The number of nitrogens with one attached hydrogen (secondary N) is 2. The molecule has 4 nitrogen and oxygen atoms in total. The molecule has 18 heavy (non-hydrogen) atoms. The minimum atomic E-state index is -4.60. The summed E-state index contributed by atoms with van der Waals surface area (Å²) in [6.45, 7) is 0. The van der Waals surface area contributed by atoms with Crippen LogP contribution in [0.15, 0.2) is 18.2 Å². The van der Waals surface area contributed by atoms with Gasteiger partial charge in [0.15, 0.2) is 0 Å². The third kappa shape index (κ3) is 3.92. The van der Waals surface area contributed by atoms with Gasteiger partial charge in [-0.15, -0.1) is 0 Å². The van der Waals surface area contributed by atoms with Crippen LogP contribution in [0.5, 0.6) is 0 Å². The molecule has 0 bridgehead atoms. The molecule has 0 heterocycles.